The Morgan fingerprint density at radius 1 is 1.25 bits per heavy atom. The van der Waals surface area contributed by atoms with E-state index in [1.54, 1.807) is 0 Å². The van der Waals surface area contributed by atoms with E-state index in [0.717, 1.165) is 56.2 Å². The van der Waals surface area contributed by atoms with Crippen LogP contribution in [0.3, 0.4) is 0 Å². The molecular formula is C19H31N5. The molecule has 24 heavy (non-hydrogen) atoms. The largest absolute Gasteiger partial charge is 0.357 e. The van der Waals surface area contributed by atoms with Crippen LogP contribution in [0.4, 0.5) is 0 Å². The van der Waals surface area contributed by atoms with Crippen LogP contribution >= 0.6 is 0 Å². The lowest BCUT2D eigenvalue weighted by Gasteiger charge is -2.21. The summed E-state index contributed by atoms with van der Waals surface area (Å²) in [6.45, 7) is 7.13. The van der Waals surface area contributed by atoms with Crippen molar-refractivity contribution in [3.63, 3.8) is 0 Å². The number of nitrogens with zero attached hydrogens (tertiary/aromatic N) is 3. The third kappa shape index (κ3) is 6.11. The lowest BCUT2D eigenvalue weighted by molar-refractivity contribution is 0.260. The number of aromatic nitrogens is 1. The van der Waals surface area contributed by atoms with Crippen LogP contribution in [0.2, 0.25) is 0 Å². The monoisotopic (exact) mass is 329 g/mol. The fourth-order valence-electron chi connectivity index (χ4n) is 2.98. The molecule has 0 aromatic carbocycles. The number of pyridine rings is 1. The molecule has 0 amide bonds. The number of hydrogen-bond donors (Lipinski definition) is 2. The Labute approximate surface area is 146 Å². The predicted molar refractivity (Wildman–Crippen MR) is 99.2 cm³/mol. The highest BCUT2D eigenvalue weighted by atomic mass is 15.2. The molecule has 2 saturated carbocycles. The molecule has 0 aliphatic heterocycles. The van der Waals surface area contributed by atoms with E-state index in [9.17, 15) is 0 Å². The second kappa shape index (κ2) is 9.02. The molecule has 1 heterocycles. The molecule has 2 aliphatic carbocycles. The number of nitrogens with one attached hydrogen (secondary N) is 2. The van der Waals surface area contributed by atoms with Gasteiger partial charge in [-0.05, 0) is 50.7 Å². The first-order chi connectivity index (χ1) is 11.8. The lowest BCUT2D eigenvalue weighted by Crippen LogP contribution is -2.39. The van der Waals surface area contributed by atoms with Crippen LogP contribution in [0.1, 0.15) is 38.3 Å². The molecule has 0 saturated heterocycles. The van der Waals surface area contributed by atoms with Gasteiger partial charge in [0.1, 0.15) is 0 Å². The van der Waals surface area contributed by atoms with Gasteiger partial charge in [-0.1, -0.05) is 6.07 Å². The van der Waals surface area contributed by atoms with Gasteiger partial charge in [-0.15, -0.1) is 0 Å². The van der Waals surface area contributed by atoms with E-state index in [1.165, 1.54) is 32.2 Å². The van der Waals surface area contributed by atoms with Gasteiger partial charge in [0, 0.05) is 50.5 Å². The highest BCUT2D eigenvalue weighted by molar-refractivity contribution is 5.79. The third-order valence-corrected chi connectivity index (χ3v) is 4.65. The Hall–Kier alpha value is -1.62. The van der Waals surface area contributed by atoms with Crippen molar-refractivity contribution in [2.75, 3.05) is 32.7 Å². The number of rotatable bonds is 10. The molecule has 0 unspecified atom stereocenters. The molecule has 2 aliphatic rings. The highest BCUT2D eigenvalue weighted by Crippen LogP contribution is 2.34. The molecule has 2 N–H and O–H groups in total. The molecule has 5 nitrogen and oxygen atoms in total. The van der Waals surface area contributed by atoms with E-state index in [1.807, 2.05) is 18.3 Å². The Morgan fingerprint density at radius 3 is 2.79 bits per heavy atom. The average Bonchev–Trinajstić information content (AvgIpc) is 3.48. The van der Waals surface area contributed by atoms with E-state index in [2.05, 4.69) is 33.5 Å². The zero-order valence-electron chi connectivity index (χ0n) is 14.9. The van der Waals surface area contributed by atoms with Crippen LogP contribution in [0, 0.1) is 5.92 Å². The molecule has 1 aromatic heterocycles. The van der Waals surface area contributed by atoms with Gasteiger partial charge >= 0.3 is 0 Å². The number of hydrogen-bond acceptors (Lipinski definition) is 3. The lowest BCUT2D eigenvalue weighted by atomic mass is 10.3. The molecule has 0 radical (unpaired) electrons. The molecular weight excluding hydrogens is 298 g/mol. The van der Waals surface area contributed by atoms with Gasteiger partial charge in [0.05, 0.1) is 6.54 Å². The van der Waals surface area contributed by atoms with Gasteiger partial charge < -0.3 is 10.6 Å². The van der Waals surface area contributed by atoms with Crippen molar-refractivity contribution in [3.8, 4) is 0 Å². The summed E-state index contributed by atoms with van der Waals surface area (Å²) in [4.78, 5) is 11.8. The summed E-state index contributed by atoms with van der Waals surface area (Å²) in [5.41, 5.74) is 1.12. The van der Waals surface area contributed by atoms with Crippen molar-refractivity contribution in [1.29, 1.82) is 0 Å². The SMILES string of the molecule is CCNC(=NCCN(CC1CC1)C1CC1)NCCc1ccccn1. The summed E-state index contributed by atoms with van der Waals surface area (Å²) in [6.07, 6.45) is 8.41. The van der Waals surface area contributed by atoms with Crippen LogP contribution in [-0.2, 0) is 6.42 Å². The summed E-state index contributed by atoms with van der Waals surface area (Å²) < 4.78 is 0. The zero-order chi connectivity index (χ0) is 16.6. The summed E-state index contributed by atoms with van der Waals surface area (Å²) in [7, 11) is 0. The minimum Gasteiger partial charge on any atom is -0.357 e. The van der Waals surface area contributed by atoms with Gasteiger partial charge in [0.25, 0.3) is 0 Å². The second-order valence-corrected chi connectivity index (χ2v) is 6.93. The first kappa shape index (κ1) is 17.2. The van der Waals surface area contributed by atoms with Crippen molar-refractivity contribution in [3.05, 3.63) is 30.1 Å². The molecule has 0 bridgehead atoms. The molecule has 1 aromatic rings. The Morgan fingerprint density at radius 2 is 2.12 bits per heavy atom. The van der Waals surface area contributed by atoms with E-state index >= 15 is 0 Å². The molecule has 132 valence electrons. The molecule has 0 atom stereocenters. The Bertz CT molecular complexity index is 508. The summed E-state index contributed by atoms with van der Waals surface area (Å²) >= 11 is 0. The Balaban J connectivity index is 1.40. The fraction of sp³-hybridized carbons (Fsp3) is 0.684. The second-order valence-electron chi connectivity index (χ2n) is 6.93. The van der Waals surface area contributed by atoms with Crippen molar-refractivity contribution in [2.45, 2.75) is 45.1 Å². The topological polar surface area (TPSA) is 52.6 Å². The maximum absolute atomic E-state index is 4.75. The molecule has 0 spiro atoms. The standard InChI is InChI=1S/C19H31N5/c1-2-20-19(22-12-10-17-5-3-4-11-21-17)23-13-14-24(18-8-9-18)15-16-6-7-16/h3-5,11,16,18H,2,6-10,12-15H2,1H3,(H2,20,22,23). The minimum absolute atomic E-state index is 0.848. The number of aliphatic imine (C=N–C) groups is 1. The maximum Gasteiger partial charge on any atom is 0.191 e. The van der Waals surface area contributed by atoms with Crippen LogP contribution < -0.4 is 10.6 Å². The first-order valence-electron chi connectivity index (χ1n) is 9.51. The third-order valence-electron chi connectivity index (χ3n) is 4.65. The quantitative estimate of drug-likeness (QED) is 0.510. The highest BCUT2D eigenvalue weighted by Gasteiger charge is 2.33. The normalized spacial score (nSPS) is 18.0. The molecule has 3 rings (SSSR count). The minimum atomic E-state index is 0.848. The predicted octanol–water partition coefficient (Wildman–Crippen LogP) is 2.05. The maximum atomic E-state index is 4.75. The summed E-state index contributed by atoms with van der Waals surface area (Å²) in [5, 5.41) is 6.76. The van der Waals surface area contributed by atoms with Gasteiger partial charge in [-0.2, -0.15) is 0 Å². The van der Waals surface area contributed by atoms with Crippen molar-refractivity contribution < 1.29 is 0 Å². The number of guanidine groups is 1. The first-order valence-corrected chi connectivity index (χ1v) is 9.51. The Kier molecular flexibility index (Phi) is 6.47. The van der Waals surface area contributed by atoms with Crippen LogP contribution in [0.25, 0.3) is 0 Å². The van der Waals surface area contributed by atoms with Gasteiger partial charge in [-0.3, -0.25) is 14.9 Å². The van der Waals surface area contributed by atoms with Crippen LogP contribution in [0.5, 0.6) is 0 Å². The van der Waals surface area contributed by atoms with Crippen LogP contribution in [-0.4, -0.2) is 54.6 Å². The van der Waals surface area contributed by atoms with Crippen molar-refractivity contribution >= 4 is 5.96 Å². The summed E-state index contributed by atoms with van der Waals surface area (Å²) in [6, 6.07) is 6.90. The van der Waals surface area contributed by atoms with E-state index < -0.39 is 0 Å². The van der Waals surface area contributed by atoms with Crippen LogP contribution in [0.15, 0.2) is 29.4 Å². The van der Waals surface area contributed by atoms with Gasteiger partial charge in [0.2, 0.25) is 0 Å². The fourth-order valence-corrected chi connectivity index (χ4v) is 2.98. The smallest absolute Gasteiger partial charge is 0.191 e. The van der Waals surface area contributed by atoms with E-state index in [0.29, 0.717) is 0 Å². The average molecular weight is 329 g/mol. The van der Waals surface area contributed by atoms with E-state index in [4.69, 9.17) is 4.99 Å². The molecule has 5 heteroatoms. The zero-order valence-corrected chi connectivity index (χ0v) is 14.9. The van der Waals surface area contributed by atoms with Crippen molar-refractivity contribution in [1.82, 2.24) is 20.5 Å². The summed E-state index contributed by atoms with van der Waals surface area (Å²) in [5.74, 6) is 1.90. The van der Waals surface area contributed by atoms with Gasteiger partial charge in [0.15, 0.2) is 5.96 Å². The molecule has 2 fully saturated rings. The van der Waals surface area contributed by atoms with Gasteiger partial charge in [-0.25, -0.2) is 0 Å². The van der Waals surface area contributed by atoms with E-state index in [-0.39, 0.29) is 0 Å². The van der Waals surface area contributed by atoms with Crippen molar-refractivity contribution in [2.24, 2.45) is 10.9 Å².